The monoisotopic (exact) mass is 352 g/mol. The summed E-state index contributed by atoms with van der Waals surface area (Å²) in [6.07, 6.45) is 6.66. The molecular weight excluding hydrogens is 328 g/mol. The number of carbonyl (C=O) groups excluding carboxylic acids is 1. The molecule has 1 aromatic heterocycles. The lowest BCUT2D eigenvalue weighted by atomic mass is 9.66. The van der Waals surface area contributed by atoms with Crippen molar-refractivity contribution in [2.45, 2.75) is 45.1 Å². The molecule has 5 rings (SSSR count). The molecular formula is C21H24N2O3. The van der Waals surface area contributed by atoms with Gasteiger partial charge in [0.2, 0.25) is 0 Å². The maximum absolute atomic E-state index is 11.9. The number of aliphatic hydroxyl groups is 1. The largest absolute Gasteiger partial charge is 0.414 e. The van der Waals surface area contributed by atoms with Gasteiger partial charge in [-0.15, -0.1) is 0 Å². The van der Waals surface area contributed by atoms with Crippen LogP contribution in [0.1, 0.15) is 44.0 Å². The Balaban J connectivity index is 1.88. The molecule has 0 spiro atoms. The third-order valence-electron chi connectivity index (χ3n) is 6.50. The predicted molar refractivity (Wildman–Crippen MR) is 98.4 cm³/mol. The second kappa shape index (κ2) is 5.21. The minimum Gasteiger partial charge on any atom is -0.414 e. The number of aromatic nitrogens is 1. The lowest BCUT2D eigenvalue weighted by Crippen LogP contribution is -2.57. The number of esters is 1. The Labute approximate surface area is 152 Å². The van der Waals surface area contributed by atoms with Gasteiger partial charge < -0.3 is 9.84 Å². The molecule has 5 heteroatoms. The number of nitrogens with zero attached hydrogens (tertiary/aromatic N) is 2. The van der Waals surface area contributed by atoms with E-state index >= 15 is 0 Å². The highest BCUT2D eigenvalue weighted by Gasteiger charge is 2.57. The van der Waals surface area contributed by atoms with Gasteiger partial charge in [0.05, 0.1) is 11.6 Å². The van der Waals surface area contributed by atoms with Crippen LogP contribution in [0.4, 0.5) is 0 Å². The smallest absolute Gasteiger partial charge is 0.306 e. The van der Waals surface area contributed by atoms with Crippen molar-refractivity contribution in [1.82, 2.24) is 9.47 Å². The van der Waals surface area contributed by atoms with Gasteiger partial charge in [-0.2, -0.15) is 0 Å². The van der Waals surface area contributed by atoms with Gasteiger partial charge in [-0.05, 0) is 24.5 Å². The average Bonchev–Trinajstić information content (AvgIpc) is 2.96. The van der Waals surface area contributed by atoms with Gasteiger partial charge in [0, 0.05) is 42.9 Å². The maximum atomic E-state index is 11.9. The van der Waals surface area contributed by atoms with E-state index in [0.717, 1.165) is 42.5 Å². The molecule has 26 heavy (non-hydrogen) atoms. The van der Waals surface area contributed by atoms with Crippen LogP contribution in [0.25, 0.3) is 10.9 Å². The van der Waals surface area contributed by atoms with E-state index in [1.54, 1.807) is 0 Å². The van der Waals surface area contributed by atoms with Crippen LogP contribution in [0.2, 0.25) is 0 Å². The first-order chi connectivity index (χ1) is 12.5. The zero-order valence-corrected chi connectivity index (χ0v) is 15.2. The van der Waals surface area contributed by atoms with E-state index in [-0.39, 0.29) is 11.5 Å². The first kappa shape index (κ1) is 16.1. The van der Waals surface area contributed by atoms with Gasteiger partial charge in [0.25, 0.3) is 5.91 Å². The van der Waals surface area contributed by atoms with E-state index in [1.807, 2.05) is 22.8 Å². The SMILES string of the molecule is CC[C@]12C=CCN3CCc4c(n(c5ccccc45)[C@@](O)(OC(C)=O)C1)[C@@H]32. The van der Waals surface area contributed by atoms with Crippen LogP contribution in [-0.2, 0) is 21.9 Å². The van der Waals surface area contributed by atoms with Crippen LogP contribution < -0.4 is 0 Å². The minimum atomic E-state index is -1.66. The topological polar surface area (TPSA) is 54.7 Å². The molecule has 1 N–H and O–H groups in total. The number of para-hydroxylation sites is 1. The predicted octanol–water partition coefficient (Wildman–Crippen LogP) is 3.08. The molecule has 5 nitrogen and oxygen atoms in total. The van der Waals surface area contributed by atoms with Crippen LogP contribution in [0.5, 0.6) is 0 Å². The highest BCUT2D eigenvalue weighted by atomic mass is 16.7. The molecule has 4 heterocycles. The Morgan fingerprint density at radius 1 is 1.38 bits per heavy atom. The van der Waals surface area contributed by atoms with Gasteiger partial charge in [-0.1, -0.05) is 37.3 Å². The summed E-state index contributed by atoms with van der Waals surface area (Å²) in [5, 5.41) is 12.8. The van der Waals surface area contributed by atoms with Crippen molar-refractivity contribution in [2.24, 2.45) is 5.41 Å². The average molecular weight is 352 g/mol. The summed E-state index contributed by atoms with van der Waals surface area (Å²) in [7, 11) is 0. The number of fused-ring (bicyclic) bond motifs is 3. The van der Waals surface area contributed by atoms with E-state index in [0.29, 0.717) is 6.42 Å². The Kier molecular flexibility index (Phi) is 3.22. The molecule has 0 saturated heterocycles. The van der Waals surface area contributed by atoms with Crippen LogP contribution in [0.15, 0.2) is 36.4 Å². The molecule has 0 unspecified atom stereocenters. The number of rotatable bonds is 2. The number of hydrogen-bond donors (Lipinski definition) is 1. The molecule has 0 saturated carbocycles. The van der Waals surface area contributed by atoms with Crippen molar-refractivity contribution >= 4 is 16.9 Å². The fraction of sp³-hybridized carbons (Fsp3) is 0.476. The fourth-order valence-electron chi connectivity index (χ4n) is 5.57. The van der Waals surface area contributed by atoms with Crippen molar-refractivity contribution < 1.29 is 14.6 Å². The number of carbonyl (C=O) groups is 1. The molecule has 2 aromatic rings. The van der Waals surface area contributed by atoms with Crippen molar-refractivity contribution in [3.8, 4) is 0 Å². The molecule has 0 bridgehead atoms. The zero-order chi connectivity index (χ0) is 18.1. The lowest BCUT2D eigenvalue weighted by molar-refractivity contribution is -0.277. The highest BCUT2D eigenvalue weighted by molar-refractivity contribution is 5.87. The fourth-order valence-corrected chi connectivity index (χ4v) is 5.57. The van der Waals surface area contributed by atoms with Crippen molar-refractivity contribution in [1.29, 1.82) is 0 Å². The third kappa shape index (κ3) is 1.90. The van der Waals surface area contributed by atoms with Crippen LogP contribution in [0, 0.1) is 5.41 Å². The zero-order valence-electron chi connectivity index (χ0n) is 15.2. The summed E-state index contributed by atoms with van der Waals surface area (Å²) in [5.41, 5.74) is 3.13. The van der Waals surface area contributed by atoms with E-state index < -0.39 is 11.9 Å². The maximum Gasteiger partial charge on any atom is 0.306 e. The third-order valence-corrected chi connectivity index (χ3v) is 6.50. The standard InChI is InChI=1S/C21H24N2O3/c1-3-20-10-6-11-22-12-9-16-15-7-4-5-8-17(15)23(18(16)19(20)22)21(25,13-20)26-14(2)24/h4-8,10,19,25H,3,9,11-13H2,1-2H3/t19-,20+,21+/m1/s1. The quantitative estimate of drug-likeness (QED) is 0.513. The summed E-state index contributed by atoms with van der Waals surface area (Å²) < 4.78 is 7.49. The van der Waals surface area contributed by atoms with Gasteiger partial charge in [0.1, 0.15) is 0 Å². The number of hydrogen-bond acceptors (Lipinski definition) is 4. The van der Waals surface area contributed by atoms with E-state index in [4.69, 9.17) is 4.74 Å². The van der Waals surface area contributed by atoms with Gasteiger partial charge in [-0.25, -0.2) is 0 Å². The van der Waals surface area contributed by atoms with E-state index in [2.05, 4.69) is 30.0 Å². The van der Waals surface area contributed by atoms with Crippen molar-refractivity contribution in [3.05, 3.63) is 47.7 Å². The van der Waals surface area contributed by atoms with Gasteiger partial charge in [0.15, 0.2) is 0 Å². The van der Waals surface area contributed by atoms with E-state index in [9.17, 15) is 9.90 Å². The van der Waals surface area contributed by atoms with Gasteiger partial charge >= 0.3 is 5.97 Å². The summed E-state index contributed by atoms with van der Waals surface area (Å²) in [5.74, 6) is -2.12. The van der Waals surface area contributed by atoms with E-state index in [1.165, 1.54) is 12.5 Å². The first-order valence-corrected chi connectivity index (χ1v) is 9.45. The van der Waals surface area contributed by atoms with Crippen LogP contribution in [0.3, 0.4) is 0 Å². The van der Waals surface area contributed by atoms with Crippen molar-refractivity contribution in [3.63, 3.8) is 0 Å². The summed E-state index contributed by atoms with van der Waals surface area (Å²) >= 11 is 0. The first-order valence-electron chi connectivity index (χ1n) is 9.45. The Morgan fingerprint density at radius 2 is 2.19 bits per heavy atom. The molecule has 0 aliphatic carbocycles. The summed E-state index contributed by atoms with van der Waals surface area (Å²) in [6.45, 7) is 5.47. The minimum absolute atomic E-state index is 0.212. The molecule has 136 valence electrons. The number of ether oxygens (including phenoxy) is 1. The molecule has 0 radical (unpaired) electrons. The summed E-state index contributed by atoms with van der Waals surface area (Å²) in [6, 6.07) is 8.36. The highest BCUT2D eigenvalue weighted by Crippen LogP contribution is 2.58. The molecule has 0 amide bonds. The molecule has 3 aliphatic rings. The number of benzene rings is 1. The Bertz CT molecular complexity index is 946. The lowest BCUT2D eigenvalue weighted by Gasteiger charge is -2.55. The second-order valence-corrected chi connectivity index (χ2v) is 7.87. The summed E-state index contributed by atoms with van der Waals surface area (Å²) in [4.78, 5) is 14.4. The molecule has 1 aromatic carbocycles. The second-order valence-electron chi connectivity index (χ2n) is 7.87. The normalized spacial score (nSPS) is 32.5. The Hall–Kier alpha value is -2.11. The molecule has 3 aliphatic heterocycles. The molecule has 3 atom stereocenters. The van der Waals surface area contributed by atoms with Crippen molar-refractivity contribution in [2.75, 3.05) is 13.1 Å². The Morgan fingerprint density at radius 3 is 2.96 bits per heavy atom. The van der Waals surface area contributed by atoms with Crippen LogP contribution in [-0.4, -0.2) is 33.6 Å². The molecule has 0 fully saturated rings. The van der Waals surface area contributed by atoms with Gasteiger partial charge in [-0.3, -0.25) is 14.3 Å². The van der Waals surface area contributed by atoms with Crippen LogP contribution >= 0.6 is 0 Å².